The van der Waals surface area contributed by atoms with E-state index in [1.165, 1.54) is 12.3 Å². The second kappa shape index (κ2) is 8.79. The number of rotatable bonds is 9. The van der Waals surface area contributed by atoms with Crippen LogP contribution < -0.4 is 10.5 Å². The Balaban J connectivity index is 2.23. The lowest BCUT2D eigenvalue weighted by molar-refractivity contribution is 0.0639. The Morgan fingerprint density at radius 2 is 2.11 bits per heavy atom. The third-order valence-electron chi connectivity index (χ3n) is 2.26. The monoisotopic (exact) mass is 258 g/mol. The van der Waals surface area contributed by atoms with Gasteiger partial charge in [0.1, 0.15) is 0 Å². The van der Waals surface area contributed by atoms with Gasteiger partial charge in [0.15, 0.2) is 5.82 Å². The molecule has 0 saturated carbocycles. The second-order valence-electron chi connectivity index (χ2n) is 3.60. The molecule has 1 heterocycles. The average Bonchev–Trinajstić information content (AvgIpc) is 2.39. The summed E-state index contributed by atoms with van der Waals surface area (Å²) >= 11 is 0. The van der Waals surface area contributed by atoms with Crippen LogP contribution in [0.15, 0.2) is 12.3 Å². The number of nitrogens with zero attached hydrogens (tertiary/aromatic N) is 1. The molecule has 0 bridgehead atoms. The first-order valence-corrected chi connectivity index (χ1v) is 5.82. The molecule has 18 heavy (non-hydrogen) atoms. The van der Waals surface area contributed by atoms with Crippen LogP contribution in [-0.2, 0) is 16.0 Å². The Labute approximate surface area is 106 Å². The number of hydrogen-bond acceptors (Lipinski definition) is 5. The number of hydrogen-bond donors (Lipinski definition) is 1. The molecule has 1 rings (SSSR count). The molecule has 1 aromatic rings. The maximum atomic E-state index is 13.6. The highest BCUT2D eigenvalue weighted by molar-refractivity contribution is 5.23. The zero-order chi connectivity index (χ0) is 13.2. The summed E-state index contributed by atoms with van der Waals surface area (Å²) < 4.78 is 28.9. The SMILES string of the molecule is COCCOCCCOc1nccc(CN)c1F. The molecule has 0 radical (unpaired) electrons. The maximum Gasteiger partial charge on any atom is 0.250 e. The minimum absolute atomic E-state index is 0.00478. The van der Waals surface area contributed by atoms with E-state index in [1.54, 1.807) is 7.11 Å². The fraction of sp³-hybridized carbons (Fsp3) is 0.583. The molecule has 6 heteroatoms. The van der Waals surface area contributed by atoms with Gasteiger partial charge in [-0.3, -0.25) is 0 Å². The summed E-state index contributed by atoms with van der Waals surface area (Å²) in [5, 5.41) is 0. The lowest BCUT2D eigenvalue weighted by Crippen LogP contribution is -2.09. The van der Waals surface area contributed by atoms with Crippen LogP contribution in [0, 0.1) is 5.82 Å². The molecule has 102 valence electrons. The molecule has 0 aliphatic heterocycles. The molecule has 1 aromatic heterocycles. The van der Waals surface area contributed by atoms with Gasteiger partial charge in [-0.2, -0.15) is 0 Å². The van der Waals surface area contributed by atoms with E-state index in [0.29, 0.717) is 38.4 Å². The van der Waals surface area contributed by atoms with E-state index in [9.17, 15) is 4.39 Å². The molecule has 0 atom stereocenters. The van der Waals surface area contributed by atoms with Crippen molar-refractivity contribution in [2.24, 2.45) is 5.73 Å². The molecule has 0 aliphatic carbocycles. The summed E-state index contributed by atoms with van der Waals surface area (Å²) in [6, 6.07) is 1.54. The predicted octanol–water partition coefficient (Wildman–Crippen LogP) is 1.11. The molecule has 0 aliphatic rings. The molecule has 0 unspecified atom stereocenters. The van der Waals surface area contributed by atoms with Crippen molar-refractivity contribution >= 4 is 0 Å². The van der Waals surface area contributed by atoms with Gasteiger partial charge < -0.3 is 19.9 Å². The van der Waals surface area contributed by atoms with E-state index < -0.39 is 5.82 Å². The van der Waals surface area contributed by atoms with E-state index in [2.05, 4.69) is 4.98 Å². The van der Waals surface area contributed by atoms with Gasteiger partial charge in [-0.1, -0.05) is 0 Å². The van der Waals surface area contributed by atoms with Crippen LogP contribution in [0.2, 0.25) is 0 Å². The molecule has 0 fully saturated rings. The highest BCUT2D eigenvalue weighted by Gasteiger charge is 2.09. The van der Waals surface area contributed by atoms with Gasteiger partial charge in [-0.15, -0.1) is 0 Å². The number of halogens is 1. The maximum absolute atomic E-state index is 13.6. The predicted molar refractivity (Wildman–Crippen MR) is 64.9 cm³/mol. The number of ether oxygens (including phenoxy) is 3. The minimum atomic E-state index is -0.486. The van der Waals surface area contributed by atoms with Gasteiger partial charge in [0.05, 0.1) is 19.8 Å². The molecule has 0 aromatic carbocycles. The van der Waals surface area contributed by atoms with Crippen molar-refractivity contribution < 1.29 is 18.6 Å². The summed E-state index contributed by atoms with van der Waals surface area (Å²) in [6.07, 6.45) is 2.15. The zero-order valence-corrected chi connectivity index (χ0v) is 10.5. The summed E-state index contributed by atoms with van der Waals surface area (Å²) in [4.78, 5) is 3.82. The smallest absolute Gasteiger partial charge is 0.250 e. The zero-order valence-electron chi connectivity index (χ0n) is 10.5. The van der Waals surface area contributed by atoms with Crippen LogP contribution in [0.4, 0.5) is 4.39 Å². The van der Waals surface area contributed by atoms with E-state index in [0.717, 1.165) is 0 Å². The van der Waals surface area contributed by atoms with Crippen molar-refractivity contribution in [3.8, 4) is 5.88 Å². The van der Waals surface area contributed by atoms with E-state index in [-0.39, 0.29) is 12.4 Å². The minimum Gasteiger partial charge on any atom is -0.475 e. The Hall–Kier alpha value is -1.24. The Bertz CT molecular complexity index is 350. The van der Waals surface area contributed by atoms with Crippen molar-refractivity contribution in [1.29, 1.82) is 0 Å². The van der Waals surface area contributed by atoms with Crippen molar-refractivity contribution in [3.63, 3.8) is 0 Å². The van der Waals surface area contributed by atoms with Crippen LogP contribution in [0.25, 0.3) is 0 Å². The first-order valence-electron chi connectivity index (χ1n) is 5.82. The quantitative estimate of drug-likeness (QED) is 0.672. The van der Waals surface area contributed by atoms with Crippen molar-refractivity contribution in [2.75, 3.05) is 33.5 Å². The van der Waals surface area contributed by atoms with Gasteiger partial charge in [0.25, 0.3) is 5.88 Å². The van der Waals surface area contributed by atoms with E-state index in [1.807, 2.05) is 0 Å². The first-order chi connectivity index (χ1) is 8.79. The summed E-state index contributed by atoms with van der Waals surface area (Å²) in [5.74, 6) is -0.491. The van der Waals surface area contributed by atoms with Gasteiger partial charge in [-0.05, 0) is 6.07 Å². The van der Waals surface area contributed by atoms with Crippen LogP contribution in [0.5, 0.6) is 5.88 Å². The lowest BCUT2D eigenvalue weighted by Gasteiger charge is -2.08. The molecule has 5 nitrogen and oxygen atoms in total. The number of nitrogens with two attached hydrogens (primary N) is 1. The highest BCUT2D eigenvalue weighted by Crippen LogP contribution is 2.16. The molecule has 0 saturated heterocycles. The third-order valence-corrected chi connectivity index (χ3v) is 2.26. The Morgan fingerprint density at radius 3 is 2.83 bits per heavy atom. The van der Waals surface area contributed by atoms with Gasteiger partial charge in [0, 0.05) is 38.4 Å². The fourth-order valence-electron chi connectivity index (χ4n) is 1.29. The normalized spacial score (nSPS) is 10.6. The second-order valence-corrected chi connectivity index (χ2v) is 3.60. The van der Waals surface area contributed by atoms with E-state index in [4.69, 9.17) is 19.9 Å². The summed E-state index contributed by atoms with van der Waals surface area (Å²) in [5.41, 5.74) is 5.79. The van der Waals surface area contributed by atoms with Crippen molar-refractivity contribution in [3.05, 3.63) is 23.6 Å². The molecule has 0 spiro atoms. The van der Waals surface area contributed by atoms with Gasteiger partial charge in [-0.25, -0.2) is 9.37 Å². The van der Waals surface area contributed by atoms with Crippen LogP contribution in [-0.4, -0.2) is 38.5 Å². The average molecular weight is 258 g/mol. The molecule has 2 N–H and O–H groups in total. The van der Waals surface area contributed by atoms with Gasteiger partial charge in [0.2, 0.25) is 0 Å². The van der Waals surface area contributed by atoms with Gasteiger partial charge >= 0.3 is 0 Å². The van der Waals surface area contributed by atoms with Crippen molar-refractivity contribution in [2.45, 2.75) is 13.0 Å². The topological polar surface area (TPSA) is 66.6 Å². The van der Waals surface area contributed by atoms with Crippen molar-refractivity contribution in [1.82, 2.24) is 4.98 Å². The largest absolute Gasteiger partial charge is 0.475 e. The number of pyridine rings is 1. The van der Waals surface area contributed by atoms with Crippen LogP contribution in [0.1, 0.15) is 12.0 Å². The first kappa shape index (κ1) is 14.8. The fourth-order valence-corrected chi connectivity index (χ4v) is 1.29. The third kappa shape index (κ3) is 4.95. The highest BCUT2D eigenvalue weighted by atomic mass is 19.1. The number of aromatic nitrogens is 1. The molecular weight excluding hydrogens is 239 g/mol. The Kier molecular flexibility index (Phi) is 7.24. The van der Waals surface area contributed by atoms with Crippen LogP contribution >= 0.6 is 0 Å². The number of methoxy groups -OCH3 is 1. The standard InChI is InChI=1S/C12H19FN2O3/c1-16-7-8-17-5-2-6-18-12-11(13)10(9-14)3-4-15-12/h3-4H,2,5-9,14H2,1H3. The van der Waals surface area contributed by atoms with E-state index >= 15 is 0 Å². The lowest BCUT2D eigenvalue weighted by atomic mass is 10.2. The van der Waals surface area contributed by atoms with Crippen LogP contribution in [0.3, 0.4) is 0 Å². The molecular formula is C12H19FN2O3. The summed E-state index contributed by atoms with van der Waals surface area (Å²) in [7, 11) is 1.62. The Morgan fingerprint density at radius 1 is 1.28 bits per heavy atom. The summed E-state index contributed by atoms with van der Waals surface area (Å²) in [6.45, 7) is 2.14. The molecule has 0 amide bonds.